The Kier molecular flexibility index (Phi) is 11.4. The van der Waals surface area contributed by atoms with E-state index in [9.17, 15) is 23.1 Å². The third-order valence-electron chi connectivity index (χ3n) is 7.92. The minimum Gasteiger partial charge on any atom is -0.452 e. The van der Waals surface area contributed by atoms with Crippen LogP contribution in [0, 0.1) is 5.92 Å². The number of carbonyl (C=O) groups excluding carboxylic acids is 2. The van der Waals surface area contributed by atoms with Gasteiger partial charge in [0, 0.05) is 22.2 Å². The number of carbonyl (C=O) groups is 2. The first-order valence-electron chi connectivity index (χ1n) is 15.3. The van der Waals surface area contributed by atoms with Gasteiger partial charge in [0.2, 0.25) is 15.9 Å². The zero-order chi connectivity index (χ0) is 34.4. The summed E-state index contributed by atoms with van der Waals surface area (Å²) >= 11 is 2.56. The molecule has 0 radical (unpaired) electrons. The van der Waals surface area contributed by atoms with Gasteiger partial charge in [-0.25, -0.2) is 23.1 Å². The summed E-state index contributed by atoms with van der Waals surface area (Å²) < 4.78 is 35.2. The molecule has 13 heteroatoms. The molecule has 0 aliphatic carbocycles. The average Bonchev–Trinajstić information content (AvgIpc) is 3.77. The third-order valence-corrected chi connectivity index (χ3v) is 11.8. The molecule has 0 aliphatic rings. The van der Waals surface area contributed by atoms with Crippen molar-refractivity contribution < 1.29 is 27.9 Å². The van der Waals surface area contributed by atoms with Crippen molar-refractivity contribution in [1.29, 1.82) is 0 Å². The number of aliphatic hydroxyl groups is 1. The quantitative estimate of drug-likeness (QED) is 0.152. The second kappa shape index (κ2) is 15.5. The van der Waals surface area contributed by atoms with E-state index in [1.54, 1.807) is 29.8 Å². The van der Waals surface area contributed by atoms with E-state index in [-0.39, 0.29) is 23.9 Å². The lowest BCUT2D eigenvalue weighted by Crippen LogP contribution is -2.49. The van der Waals surface area contributed by atoms with Gasteiger partial charge >= 0.3 is 6.09 Å². The van der Waals surface area contributed by atoms with E-state index in [0.29, 0.717) is 15.3 Å². The van der Waals surface area contributed by atoms with E-state index in [0.717, 1.165) is 20.7 Å². The predicted molar refractivity (Wildman–Crippen MR) is 188 cm³/mol. The van der Waals surface area contributed by atoms with Gasteiger partial charge in [-0.1, -0.05) is 74.5 Å². The van der Waals surface area contributed by atoms with E-state index in [1.165, 1.54) is 40.2 Å². The van der Waals surface area contributed by atoms with Gasteiger partial charge in [-0.15, -0.1) is 22.7 Å². The van der Waals surface area contributed by atoms with Crippen molar-refractivity contribution in [3.8, 4) is 0 Å². The number of nitrogens with two attached hydrogens (primary N) is 1. The molecule has 252 valence electrons. The van der Waals surface area contributed by atoms with Crippen LogP contribution in [0.15, 0.2) is 101 Å². The van der Waals surface area contributed by atoms with Crippen molar-refractivity contribution in [2.75, 3.05) is 20.3 Å². The van der Waals surface area contributed by atoms with Crippen LogP contribution in [0.1, 0.15) is 46.7 Å². The van der Waals surface area contributed by atoms with E-state index in [1.807, 2.05) is 74.5 Å². The highest BCUT2D eigenvalue weighted by Gasteiger charge is 2.36. The molecular formula is C35H38N4O6S3. The Hall–Kier alpha value is -3.98. The van der Waals surface area contributed by atoms with Crippen LogP contribution >= 0.6 is 22.7 Å². The minimum atomic E-state index is -4.04. The molecule has 48 heavy (non-hydrogen) atoms. The molecule has 0 saturated carbocycles. The molecule has 2 aromatic heterocycles. The van der Waals surface area contributed by atoms with Crippen LogP contribution in [0.2, 0.25) is 0 Å². The normalized spacial score (nSPS) is 13.2. The van der Waals surface area contributed by atoms with E-state index in [2.05, 4.69) is 4.98 Å². The Morgan fingerprint density at radius 3 is 2.19 bits per heavy atom. The summed E-state index contributed by atoms with van der Waals surface area (Å²) in [7, 11) is -2.85. The maximum atomic E-state index is 14.1. The number of nitrogens with zero attached hydrogens (tertiary/aromatic N) is 3. The predicted octanol–water partition coefficient (Wildman–Crippen LogP) is 5.99. The third kappa shape index (κ3) is 7.67. The van der Waals surface area contributed by atoms with Gasteiger partial charge in [0.1, 0.15) is 0 Å². The van der Waals surface area contributed by atoms with Crippen LogP contribution in [-0.2, 0) is 26.1 Å². The van der Waals surface area contributed by atoms with E-state index < -0.39 is 46.6 Å². The van der Waals surface area contributed by atoms with Gasteiger partial charge in [0.25, 0.3) is 0 Å². The minimum absolute atomic E-state index is 0.0449. The number of imide groups is 1. The number of hydrogen-bond donors (Lipinski definition) is 2. The van der Waals surface area contributed by atoms with Crippen molar-refractivity contribution in [2.24, 2.45) is 11.7 Å². The molecule has 0 saturated heterocycles. The van der Waals surface area contributed by atoms with E-state index in [4.69, 9.17) is 10.5 Å². The summed E-state index contributed by atoms with van der Waals surface area (Å²) in [4.78, 5) is 33.5. The second-order valence-electron chi connectivity index (χ2n) is 11.7. The summed E-state index contributed by atoms with van der Waals surface area (Å²) in [6.07, 6.45) is -0.869. The zero-order valence-corrected chi connectivity index (χ0v) is 29.3. The van der Waals surface area contributed by atoms with Crippen molar-refractivity contribution in [1.82, 2.24) is 14.2 Å². The highest BCUT2D eigenvalue weighted by Crippen LogP contribution is 2.35. The molecule has 2 atom stereocenters. The molecule has 2 amide bonds. The Labute approximate surface area is 288 Å². The first kappa shape index (κ1) is 35.3. The number of ether oxygens (including phenoxy) is 1. The maximum absolute atomic E-state index is 14.1. The number of benzene rings is 3. The van der Waals surface area contributed by atoms with Crippen molar-refractivity contribution in [2.45, 2.75) is 43.3 Å². The summed E-state index contributed by atoms with van der Waals surface area (Å²) in [5.74, 6) is -1.21. The van der Waals surface area contributed by atoms with Crippen LogP contribution in [0.4, 0.5) is 4.79 Å². The number of aliphatic hydroxyl groups excluding tert-OH is 1. The number of hydrogen-bond acceptors (Lipinski definition) is 10. The smallest absolute Gasteiger partial charge is 0.416 e. The fourth-order valence-corrected chi connectivity index (χ4v) is 9.37. The molecule has 5 aromatic rings. The highest BCUT2D eigenvalue weighted by molar-refractivity contribution is 7.89. The zero-order valence-electron chi connectivity index (χ0n) is 26.8. The van der Waals surface area contributed by atoms with Gasteiger partial charge in [-0.05, 0) is 47.4 Å². The van der Waals surface area contributed by atoms with Crippen LogP contribution in [0.5, 0.6) is 0 Å². The molecule has 0 unspecified atom stereocenters. The molecule has 5 rings (SSSR count). The van der Waals surface area contributed by atoms with Gasteiger partial charge in [-0.3, -0.25) is 4.79 Å². The van der Waals surface area contributed by atoms with Crippen molar-refractivity contribution in [3.05, 3.63) is 117 Å². The number of thiophene rings is 1. The summed E-state index contributed by atoms with van der Waals surface area (Å²) in [6, 6.07) is 25.0. The number of aromatic nitrogens is 1. The molecule has 0 spiro atoms. The summed E-state index contributed by atoms with van der Waals surface area (Å²) in [5, 5.41) is 10.6. The highest BCUT2D eigenvalue weighted by atomic mass is 32.2. The Morgan fingerprint density at radius 1 is 0.958 bits per heavy atom. The molecule has 10 nitrogen and oxygen atoms in total. The number of amides is 2. The molecular weight excluding hydrogens is 669 g/mol. The van der Waals surface area contributed by atoms with Crippen LogP contribution < -0.4 is 5.73 Å². The maximum Gasteiger partial charge on any atom is 0.416 e. The Bertz CT molecular complexity index is 1910. The molecule has 3 N–H and O–H groups in total. The lowest BCUT2D eigenvalue weighted by molar-refractivity contribution is -0.131. The standard InChI is InChI=1S/C35H38N4O6S3/c1-23(2)19-39(48(43,44)27-15-16-28-31(18-27)46-22-37-28)29(21-40)30-17-14-26(47-30)20-38(35(42)45-3)34(41)33(36)32(24-10-6-4-7-11-24)25-12-8-5-9-13-25/h4-18,22-23,29,32-33,40H,19-21,36H2,1-3H3/t29-,33-/m0/s1. The molecule has 0 bridgehead atoms. The van der Waals surface area contributed by atoms with Gasteiger partial charge in [-0.2, -0.15) is 4.31 Å². The fourth-order valence-electron chi connectivity index (χ4n) is 5.61. The first-order valence-corrected chi connectivity index (χ1v) is 18.5. The van der Waals surface area contributed by atoms with Crippen LogP contribution in [0.25, 0.3) is 10.2 Å². The average molecular weight is 707 g/mol. The topological polar surface area (TPSA) is 143 Å². The Morgan fingerprint density at radius 2 is 1.60 bits per heavy atom. The SMILES string of the molecule is COC(=O)N(Cc1ccc([C@H](CO)N(CC(C)C)S(=O)(=O)c2ccc3ncsc3c2)s1)C(=O)[C@@H](N)C(c1ccccc1)c1ccccc1. The van der Waals surface area contributed by atoms with E-state index >= 15 is 0 Å². The second-order valence-corrected chi connectivity index (χ2v) is 15.6. The van der Waals surface area contributed by atoms with Crippen molar-refractivity contribution >= 4 is 54.9 Å². The molecule has 3 aromatic carbocycles. The molecule has 0 aliphatic heterocycles. The lowest BCUT2D eigenvalue weighted by Gasteiger charge is -2.30. The first-order chi connectivity index (χ1) is 23.0. The number of thiazole rings is 1. The summed E-state index contributed by atoms with van der Waals surface area (Å²) in [6.45, 7) is 3.34. The van der Waals surface area contributed by atoms with Gasteiger partial charge < -0.3 is 15.6 Å². The molecule has 2 heterocycles. The summed E-state index contributed by atoms with van der Waals surface area (Å²) in [5.41, 5.74) is 10.7. The van der Waals surface area contributed by atoms with Crippen LogP contribution in [-0.4, -0.2) is 66.0 Å². The van der Waals surface area contributed by atoms with Crippen molar-refractivity contribution in [3.63, 3.8) is 0 Å². The fraction of sp³-hybridized carbons (Fsp3) is 0.286. The Balaban J connectivity index is 1.44. The number of sulfonamides is 1. The lowest BCUT2D eigenvalue weighted by atomic mass is 9.85. The van der Waals surface area contributed by atoms with Gasteiger partial charge in [0.15, 0.2) is 0 Å². The monoisotopic (exact) mass is 706 g/mol. The largest absolute Gasteiger partial charge is 0.452 e. The van der Waals surface area contributed by atoms with Gasteiger partial charge in [0.05, 0.1) is 53.0 Å². The van der Waals surface area contributed by atoms with Crippen LogP contribution in [0.3, 0.4) is 0 Å². The number of methoxy groups -OCH3 is 1. The number of fused-ring (bicyclic) bond motifs is 1. The molecule has 0 fully saturated rings. The number of rotatable bonds is 13.